The molecule has 0 spiro atoms. The Kier molecular flexibility index (Phi) is 5.93. The predicted octanol–water partition coefficient (Wildman–Crippen LogP) is 4.10. The number of carbonyl (C=O) groups excluding carboxylic acids is 2. The number of allylic oxidation sites excluding steroid dienone is 3. The molecule has 1 heterocycles. The molecule has 8 heteroatoms. The summed E-state index contributed by atoms with van der Waals surface area (Å²) in [5.74, 6) is -1.82. The van der Waals surface area contributed by atoms with E-state index in [1.165, 1.54) is 18.2 Å². The number of hydrogen-bond acceptors (Lipinski definition) is 7. The molecule has 0 aromatic heterocycles. The Morgan fingerprint density at radius 1 is 1.35 bits per heavy atom. The topological polar surface area (TPSA) is 119 Å². The van der Waals surface area contributed by atoms with Gasteiger partial charge in [-0.05, 0) is 30.7 Å². The van der Waals surface area contributed by atoms with Crippen LogP contribution in [0, 0.1) is 21.4 Å². The number of rotatable bonds is 5. The van der Waals surface area contributed by atoms with Gasteiger partial charge in [0.05, 0.1) is 23.0 Å². The van der Waals surface area contributed by atoms with Gasteiger partial charge in [0.2, 0.25) is 0 Å². The van der Waals surface area contributed by atoms with Crippen LogP contribution in [0.4, 0.5) is 5.69 Å². The summed E-state index contributed by atoms with van der Waals surface area (Å²) in [6.07, 6.45) is 0.846. The molecule has 0 fully saturated rings. The van der Waals surface area contributed by atoms with Crippen LogP contribution >= 0.6 is 0 Å². The van der Waals surface area contributed by atoms with E-state index in [1.807, 2.05) is 27.7 Å². The van der Waals surface area contributed by atoms with Gasteiger partial charge >= 0.3 is 5.97 Å². The molecule has 2 N–H and O–H groups in total. The molecule has 0 radical (unpaired) electrons. The van der Waals surface area contributed by atoms with Crippen LogP contribution in [0.5, 0.6) is 5.75 Å². The summed E-state index contributed by atoms with van der Waals surface area (Å²) >= 11 is 0. The molecule has 31 heavy (non-hydrogen) atoms. The molecule has 1 aliphatic heterocycles. The fourth-order valence-corrected chi connectivity index (χ4v) is 4.22. The van der Waals surface area contributed by atoms with Crippen LogP contribution in [0.15, 0.2) is 40.7 Å². The Morgan fingerprint density at radius 2 is 2.03 bits per heavy atom. The maximum Gasteiger partial charge on any atom is 0.336 e. The number of non-ortho nitro benzene ring substituents is 1. The number of Topliss-reactive ketones (excluding diaryl/α,β-unsaturated/α-hetero) is 1. The number of hydrogen-bond donors (Lipinski definition) is 2. The lowest BCUT2D eigenvalue weighted by molar-refractivity contribution is -0.384. The standard InChI is InChI=1S/C23H28N2O6/c1-12(2)11-31-22(28)19-13(3)24-16-9-23(4,5)10-18(27)21(16)20(19)15-8-14(25(29)30)6-7-17(15)26/h6-8,12,20,24,26H,9-11H2,1-5H3. The third-order valence-corrected chi connectivity index (χ3v) is 5.54. The van der Waals surface area contributed by atoms with Gasteiger partial charge in [0, 0.05) is 41.1 Å². The van der Waals surface area contributed by atoms with E-state index in [9.17, 15) is 24.8 Å². The van der Waals surface area contributed by atoms with E-state index in [0.717, 1.165) is 0 Å². The van der Waals surface area contributed by atoms with E-state index in [-0.39, 0.29) is 52.7 Å². The summed E-state index contributed by atoms with van der Waals surface area (Å²) in [5.41, 5.74) is 1.37. The van der Waals surface area contributed by atoms with E-state index in [2.05, 4.69) is 5.32 Å². The van der Waals surface area contributed by atoms with Gasteiger partial charge in [-0.15, -0.1) is 0 Å². The van der Waals surface area contributed by atoms with Crippen LogP contribution in [0.1, 0.15) is 58.9 Å². The van der Waals surface area contributed by atoms with Crippen molar-refractivity contribution in [2.24, 2.45) is 11.3 Å². The van der Waals surface area contributed by atoms with Crippen LogP contribution in [-0.2, 0) is 14.3 Å². The second kappa shape index (κ2) is 8.17. The minimum atomic E-state index is -0.945. The third kappa shape index (κ3) is 4.47. The number of esters is 1. The lowest BCUT2D eigenvalue weighted by Crippen LogP contribution is -2.38. The zero-order valence-electron chi connectivity index (χ0n) is 18.4. The van der Waals surface area contributed by atoms with Gasteiger partial charge < -0.3 is 15.2 Å². The molecule has 0 saturated carbocycles. The molecule has 3 rings (SSSR count). The number of phenolic OH excluding ortho intramolecular Hbond substituents is 1. The first-order valence-corrected chi connectivity index (χ1v) is 10.3. The normalized spacial score (nSPS) is 20.5. The smallest absolute Gasteiger partial charge is 0.336 e. The molecule has 1 unspecified atom stereocenters. The summed E-state index contributed by atoms with van der Waals surface area (Å²) in [6.45, 7) is 9.69. The van der Waals surface area contributed by atoms with E-state index in [4.69, 9.17) is 4.74 Å². The highest BCUT2D eigenvalue weighted by Crippen LogP contribution is 2.49. The number of phenols is 1. The highest BCUT2D eigenvalue weighted by Gasteiger charge is 2.44. The quantitative estimate of drug-likeness (QED) is 0.412. The summed E-state index contributed by atoms with van der Waals surface area (Å²) in [6, 6.07) is 3.64. The van der Waals surface area contributed by atoms with Crippen molar-refractivity contribution < 1.29 is 24.4 Å². The summed E-state index contributed by atoms with van der Waals surface area (Å²) in [4.78, 5) is 37.1. The lowest BCUT2D eigenvalue weighted by atomic mass is 9.68. The molecule has 1 atom stereocenters. The molecule has 166 valence electrons. The third-order valence-electron chi connectivity index (χ3n) is 5.54. The minimum Gasteiger partial charge on any atom is -0.508 e. The van der Waals surface area contributed by atoms with Gasteiger partial charge in [-0.25, -0.2) is 4.79 Å². The first-order chi connectivity index (χ1) is 14.4. The molecule has 1 aromatic carbocycles. The van der Waals surface area contributed by atoms with Gasteiger partial charge in [-0.1, -0.05) is 27.7 Å². The predicted molar refractivity (Wildman–Crippen MR) is 114 cm³/mol. The average Bonchev–Trinajstić information content (AvgIpc) is 2.64. The summed E-state index contributed by atoms with van der Waals surface area (Å²) in [7, 11) is 0. The summed E-state index contributed by atoms with van der Waals surface area (Å²) < 4.78 is 5.45. The number of nitro groups is 1. The highest BCUT2D eigenvalue weighted by molar-refractivity contribution is 6.04. The largest absolute Gasteiger partial charge is 0.508 e. The number of carbonyl (C=O) groups is 2. The van der Waals surface area contributed by atoms with Crippen molar-refractivity contribution in [2.45, 2.75) is 53.4 Å². The number of nitro benzene ring substituents is 1. The van der Waals surface area contributed by atoms with Crippen LogP contribution in [0.25, 0.3) is 0 Å². The molecule has 0 amide bonds. The molecule has 1 aromatic rings. The molecule has 1 aliphatic carbocycles. The van der Waals surface area contributed by atoms with Crippen molar-refractivity contribution in [3.63, 3.8) is 0 Å². The van der Waals surface area contributed by atoms with Crippen molar-refractivity contribution >= 4 is 17.4 Å². The Bertz CT molecular complexity index is 1020. The van der Waals surface area contributed by atoms with Crippen LogP contribution in [-0.4, -0.2) is 28.4 Å². The van der Waals surface area contributed by atoms with Gasteiger partial charge in [0.25, 0.3) is 5.69 Å². The zero-order valence-corrected chi connectivity index (χ0v) is 18.4. The number of benzene rings is 1. The highest BCUT2D eigenvalue weighted by atomic mass is 16.6. The lowest BCUT2D eigenvalue weighted by Gasteiger charge is -2.39. The first kappa shape index (κ1) is 22.5. The van der Waals surface area contributed by atoms with Crippen LogP contribution in [0.2, 0.25) is 0 Å². The molecule has 8 nitrogen and oxygen atoms in total. The van der Waals surface area contributed by atoms with Crippen molar-refractivity contribution in [1.82, 2.24) is 5.32 Å². The van der Waals surface area contributed by atoms with Gasteiger partial charge in [0.15, 0.2) is 5.78 Å². The average molecular weight is 428 g/mol. The van der Waals surface area contributed by atoms with Crippen LogP contribution < -0.4 is 5.32 Å². The molecule has 0 bridgehead atoms. The second-order valence-electron chi connectivity index (χ2n) is 9.42. The molecule has 2 aliphatic rings. The van der Waals surface area contributed by atoms with Gasteiger partial charge in [0.1, 0.15) is 5.75 Å². The zero-order chi connectivity index (χ0) is 23.1. The SMILES string of the molecule is CC1=C(C(=O)OCC(C)C)C(c2cc([N+](=O)[O-])ccc2O)C2=C(CC(C)(C)CC2=O)N1. The number of nitrogens with zero attached hydrogens (tertiary/aromatic N) is 1. The van der Waals surface area contributed by atoms with Crippen LogP contribution in [0.3, 0.4) is 0 Å². The summed E-state index contributed by atoms with van der Waals surface area (Å²) in [5, 5.41) is 25.2. The number of ether oxygens (including phenoxy) is 1. The minimum absolute atomic E-state index is 0.109. The van der Waals surface area contributed by atoms with E-state index < -0.39 is 16.8 Å². The Balaban J connectivity index is 2.21. The Morgan fingerprint density at radius 3 is 2.65 bits per heavy atom. The second-order valence-corrected chi connectivity index (χ2v) is 9.42. The van der Waals surface area contributed by atoms with E-state index in [0.29, 0.717) is 23.4 Å². The number of ketones is 1. The fourth-order valence-electron chi connectivity index (χ4n) is 4.22. The van der Waals surface area contributed by atoms with Gasteiger partial charge in [-0.2, -0.15) is 0 Å². The number of dihydropyridines is 1. The fraction of sp³-hybridized carbons (Fsp3) is 0.478. The van der Waals surface area contributed by atoms with Crippen molar-refractivity contribution in [1.29, 1.82) is 0 Å². The Hall–Kier alpha value is -3.16. The molecular formula is C23H28N2O6. The van der Waals surface area contributed by atoms with E-state index in [1.54, 1.807) is 6.92 Å². The monoisotopic (exact) mass is 428 g/mol. The van der Waals surface area contributed by atoms with Gasteiger partial charge in [-0.3, -0.25) is 14.9 Å². The Labute approximate surface area is 181 Å². The first-order valence-electron chi connectivity index (χ1n) is 10.3. The molecular weight excluding hydrogens is 400 g/mol. The van der Waals surface area contributed by atoms with E-state index >= 15 is 0 Å². The van der Waals surface area contributed by atoms with Crippen molar-refractivity contribution in [2.75, 3.05) is 6.61 Å². The van der Waals surface area contributed by atoms with Crippen molar-refractivity contribution in [3.05, 3.63) is 56.4 Å². The van der Waals surface area contributed by atoms with Crippen molar-refractivity contribution in [3.8, 4) is 5.75 Å². The maximum atomic E-state index is 13.2. The molecule has 0 saturated heterocycles. The number of nitrogens with one attached hydrogen (secondary N) is 1. The number of aromatic hydroxyl groups is 1. The maximum absolute atomic E-state index is 13.2.